The van der Waals surface area contributed by atoms with Crippen LogP contribution in [-0.4, -0.2) is 34.9 Å². The second kappa shape index (κ2) is 7.08. The Morgan fingerprint density at radius 1 is 1.43 bits per heavy atom. The van der Waals surface area contributed by atoms with Crippen LogP contribution in [0, 0.1) is 0 Å². The first-order valence-electron chi connectivity index (χ1n) is 4.33. The molecular weight excluding hydrogens is 188 g/mol. The molecule has 0 amide bonds. The van der Waals surface area contributed by atoms with Crippen LogP contribution in [0.1, 0.15) is 19.8 Å². The van der Waals surface area contributed by atoms with Crippen LogP contribution in [0.4, 0.5) is 0 Å². The lowest BCUT2D eigenvalue weighted by molar-refractivity contribution is -0.147. The van der Waals surface area contributed by atoms with E-state index in [4.69, 9.17) is 14.9 Å². The number of unbranched alkanes of at least 4 members (excludes halogenated alkanes) is 1. The van der Waals surface area contributed by atoms with E-state index in [1.165, 1.54) is 0 Å². The molecule has 80 valence electrons. The van der Waals surface area contributed by atoms with E-state index in [1.807, 2.05) is 6.92 Å². The zero-order valence-electron chi connectivity index (χ0n) is 7.97. The predicted molar refractivity (Wildman–Crippen MR) is 49.1 cm³/mol. The van der Waals surface area contributed by atoms with Crippen molar-refractivity contribution in [3.8, 4) is 0 Å². The van der Waals surface area contributed by atoms with Crippen molar-refractivity contribution in [1.82, 2.24) is 0 Å². The van der Waals surface area contributed by atoms with Crippen molar-refractivity contribution in [2.45, 2.75) is 25.9 Å². The largest absolute Gasteiger partial charge is 0.479 e. The second-order valence-corrected chi connectivity index (χ2v) is 2.68. The maximum absolute atomic E-state index is 10.5. The van der Waals surface area contributed by atoms with Crippen LogP contribution < -0.4 is 0 Å². The lowest BCUT2D eigenvalue weighted by Gasteiger charge is -2.08. The lowest BCUT2D eigenvalue weighted by Crippen LogP contribution is -2.22. The fourth-order valence-corrected chi connectivity index (χ4v) is 0.734. The lowest BCUT2D eigenvalue weighted by atomic mass is 10.3. The molecule has 5 nitrogen and oxygen atoms in total. The molecule has 0 bridgehead atoms. The van der Waals surface area contributed by atoms with Crippen molar-refractivity contribution >= 4 is 11.9 Å². The number of carboxylic acid groups (broad SMARTS) is 2. The molecule has 0 saturated carbocycles. The van der Waals surface area contributed by atoms with Gasteiger partial charge in [-0.05, 0) is 12.5 Å². The number of carbonyl (C=O) groups is 2. The Kier molecular flexibility index (Phi) is 6.39. The average Bonchev–Trinajstić information content (AvgIpc) is 2.10. The topological polar surface area (TPSA) is 83.8 Å². The van der Waals surface area contributed by atoms with Crippen molar-refractivity contribution in [2.24, 2.45) is 0 Å². The summed E-state index contributed by atoms with van der Waals surface area (Å²) in [5, 5.41) is 16.9. The van der Waals surface area contributed by atoms with E-state index < -0.39 is 18.0 Å². The minimum atomic E-state index is -1.18. The molecular formula is C9H14O5. The molecule has 14 heavy (non-hydrogen) atoms. The number of hydrogen-bond acceptors (Lipinski definition) is 3. The Morgan fingerprint density at radius 3 is 2.50 bits per heavy atom. The monoisotopic (exact) mass is 202 g/mol. The number of ether oxygens (including phenoxy) is 1. The second-order valence-electron chi connectivity index (χ2n) is 2.68. The van der Waals surface area contributed by atoms with Crippen LogP contribution in [-0.2, 0) is 14.3 Å². The number of carboxylic acids is 2. The molecule has 0 aliphatic rings. The van der Waals surface area contributed by atoms with Gasteiger partial charge in [0.15, 0.2) is 6.10 Å². The number of aliphatic carboxylic acids is 2. The minimum Gasteiger partial charge on any atom is -0.479 e. The molecule has 1 atom stereocenters. The number of rotatable bonds is 7. The smallest absolute Gasteiger partial charge is 0.336 e. The molecule has 0 spiro atoms. The first-order valence-corrected chi connectivity index (χ1v) is 4.33. The van der Waals surface area contributed by atoms with Gasteiger partial charge in [-0.1, -0.05) is 13.3 Å². The maximum atomic E-state index is 10.5. The zero-order valence-corrected chi connectivity index (χ0v) is 7.97. The van der Waals surface area contributed by atoms with Crippen molar-refractivity contribution in [1.29, 1.82) is 0 Å². The molecule has 0 heterocycles. The van der Waals surface area contributed by atoms with Crippen molar-refractivity contribution in [3.63, 3.8) is 0 Å². The summed E-state index contributed by atoms with van der Waals surface area (Å²) in [4.78, 5) is 20.7. The van der Waals surface area contributed by atoms with Gasteiger partial charge in [0.25, 0.3) is 0 Å². The Bertz CT molecular complexity index is 221. The third kappa shape index (κ3) is 6.19. The van der Waals surface area contributed by atoms with Crippen LogP contribution in [0.15, 0.2) is 12.2 Å². The summed E-state index contributed by atoms with van der Waals surface area (Å²) in [7, 11) is 0. The van der Waals surface area contributed by atoms with Crippen LogP contribution in [0.3, 0.4) is 0 Å². The molecule has 0 radical (unpaired) electrons. The van der Waals surface area contributed by atoms with Crippen molar-refractivity contribution in [2.75, 3.05) is 6.61 Å². The van der Waals surface area contributed by atoms with E-state index in [-0.39, 0.29) is 0 Å². The summed E-state index contributed by atoms with van der Waals surface area (Å²) in [5.41, 5.74) is 0. The average molecular weight is 202 g/mol. The van der Waals surface area contributed by atoms with Gasteiger partial charge in [-0.15, -0.1) is 0 Å². The highest BCUT2D eigenvalue weighted by molar-refractivity contribution is 5.82. The van der Waals surface area contributed by atoms with E-state index in [0.717, 1.165) is 25.0 Å². The van der Waals surface area contributed by atoms with E-state index in [1.54, 1.807) is 0 Å². The van der Waals surface area contributed by atoms with Crippen LogP contribution in [0.25, 0.3) is 0 Å². The highest BCUT2D eigenvalue weighted by Gasteiger charge is 2.13. The highest BCUT2D eigenvalue weighted by Crippen LogP contribution is 1.98. The van der Waals surface area contributed by atoms with Crippen LogP contribution in [0.5, 0.6) is 0 Å². The summed E-state index contributed by atoms with van der Waals surface area (Å²) in [6.45, 7) is 2.27. The standard InChI is InChI=1S/C9H14O5/c1-2-3-6-14-7(9(12)13)4-5-8(10)11/h4-5,7H,2-3,6H2,1H3,(H,10,11)(H,12,13). The summed E-state index contributed by atoms with van der Waals surface area (Å²) in [5.74, 6) is -2.37. The Balaban J connectivity index is 4.03. The molecule has 2 N–H and O–H groups in total. The summed E-state index contributed by atoms with van der Waals surface area (Å²) in [6.07, 6.45) is 2.27. The van der Waals surface area contributed by atoms with Crippen LogP contribution in [0.2, 0.25) is 0 Å². The van der Waals surface area contributed by atoms with Gasteiger partial charge in [0.1, 0.15) is 0 Å². The Labute approximate surface area is 82.0 Å². The molecule has 5 heteroatoms. The van der Waals surface area contributed by atoms with E-state index in [9.17, 15) is 9.59 Å². The minimum absolute atomic E-state index is 0.317. The molecule has 0 aliphatic carbocycles. The fourth-order valence-electron chi connectivity index (χ4n) is 0.734. The van der Waals surface area contributed by atoms with Crippen LogP contribution >= 0.6 is 0 Å². The first-order chi connectivity index (χ1) is 6.57. The first kappa shape index (κ1) is 12.6. The van der Waals surface area contributed by atoms with Gasteiger partial charge in [0.2, 0.25) is 0 Å². The predicted octanol–water partition coefficient (Wildman–Crippen LogP) is 0.897. The molecule has 0 fully saturated rings. The molecule has 0 aromatic rings. The Hall–Kier alpha value is -1.36. The maximum Gasteiger partial charge on any atom is 0.336 e. The highest BCUT2D eigenvalue weighted by atomic mass is 16.5. The Morgan fingerprint density at radius 2 is 2.07 bits per heavy atom. The van der Waals surface area contributed by atoms with Gasteiger partial charge in [-0.2, -0.15) is 0 Å². The third-order valence-corrected chi connectivity index (χ3v) is 1.45. The summed E-state index contributed by atoms with van der Waals surface area (Å²) < 4.78 is 4.94. The van der Waals surface area contributed by atoms with Gasteiger partial charge in [-0.25, -0.2) is 9.59 Å². The van der Waals surface area contributed by atoms with Crippen molar-refractivity contribution in [3.05, 3.63) is 12.2 Å². The molecule has 0 saturated heterocycles. The molecule has 0 aromatic carbocycles. The quantitative estimate of drug-likeness (QED) is 0.473. The molecule has 0 aliphatic heterocycles. The van der Waals surface area contributed by atoms with E-state index >= 15 is 0 Å². The van der Waals surface area contributed by atoms with Gasteiger partial charge < -0.3 is 14.9 Å². The normalized spacial score (nSPS) is 12.9. The summed E-state index contributed by atoms with van der Waals surface area (Å²) >= 11 is 0. The summed E-state index contributed by atoms with van der Waals surface area (Å²) in [6, 6.07) is 0. The van der Waals surface area contributed by atoms with Gasteiger partial charge in [0.05, 0.1) is 0 Å². The zero-order chi connectivity index (χ0) is 11.0. The van der Waals surface area contributed by atoms with Gasteiger partial charge in [0, 0.05) is 12.7 Å². The molecule has 1 unspecified atom stereocenters. The van der Waals surface area contributed by atoms with Gasteiger partial charge in [-0.3, -0.25) is 0 Å². The number of hydrogen-bond donors (Lipinski definition) is 2. The van der Waals surface area contributed by atoms with E-state index in [2.05, 4.69) is 0 Å². The molecule has 0 rings (SSSR count). The third-order valence-electron chi connectivity index (χ3n) is 1.45. The molecule has 0 aromatic heterocycles. The van der Waals surface area contributed by atoms with Gasteiger partial charge >= 0.3 is 11.9 Å². The SMILES string of the molecule is CCCCOC(C=CC(=O)O)C(=O)O. The fraction of sp³-hybridized carbons (Fsp3) is 0.556. The van der Waals surface area contributed by atoms with E-state index in [0.29, 0.717) is 6.61 Å². The van der Waals surface area contributed by atoms with Crippen molar-refractivity contribution < 1.29 is 24.5 Å².